The maximum atomic E-state index is 12.2. The van der Waals surface area contributed by atoms with Gasteiger partial charge in [0.2, 0.25) is 0 Å². The van der Waals surface area contributed by atoms with E-state index in [1.54, 1.807) is 6.20 Å². The molecule has 7 nitrogen and oxygen atoms in total. The lowest BCUT2D eigenvalue weighted by atomic mass is 9.91. The molecule has 0 unspecified atom stereocenters. The van der Waals surface area contributed by atoms with Gasteiger partial charge in [-0.25, -0.2) is 4.79 Å². The Morgan fingerprint density at radius 3 is 2.42 bits per heavy atom. The molecule has 3 rings (SSSR count). The average molecular weight is 372 g/mol. The summed E-state index contributed by atoms with van der Waals surface area (Å²) >= 11 is 0. The number of amides is 1. The van der Waals surface area contributed by atoms with Gasteiger partial charge in [0.15, 0.2) is 0 Å². The molecule has 10 heteroatoms. The maximum absolute atomic E-state index is 12.2. The lowest BCUT2D eigenvalue weighted by Gasteiger charge is -2.26. The van der Waals surface area contributed by atoms with Gasteiger partial charge in [0.1, 0.15) is 0 Å². The second kappa shape index (κ2) is 8.17. The van der Waals surface area contributed by atoms with Crippen molar-refractivity contribution >= 4 is 22.8 Å². The second-order valence-electron chi connectivity index (χ2n) is 6.06. The molecule has 5 N–H and O–H groups in total. The molecule has 0 aliphatic heterocycles. The van der Waals surface area contributed by atoms with Crippen molar-refractivity contribution in [2.24, 2.45) is 5.73 Å². The van der Waals surface area contributed by atoms with Crippen LogP contribution in [0, 0.1) is 0 Å². The van der Waals surface area contributed by atoms with Gasteiger partial charge in [0, 0.05) is 23.0 Å². The van der Waals surface area contributed by atoms with Crippen LogP contribution < -0.4 is 11.1 Å². The monoisotopic (exact) mass is 372 g/mol. The molecule has 1 aromatic carbocycles. The molecule has 0 atom stereocenters. The van der Waals surface area contributed by atoms with Crippen LogP contribution in [0.4, 0.5) is 13.2 Å². The minimum absolute atomic E-state index is 0.0106. The number of fused-ring (bicyclic) bond motifs is 1. The smallest absolute Gasteiger partial charge is 0.475 e. The number of carboxylic acid groups (broad SMARTS) is 1. The van der Waals surface area contributed by atoms with Gasteiger partial charge in [-0.05, 0) is 43.9 Å². The molecule has 1 aliphatic rings. The van der Waals surface area contributed by atoms with E-state index in [4.69, 9.17) is 15.6 Å². The number of aliphatic carboxylic acids is 1. The lowest BCUT2D eigenvalue weighted by Crippen LogP contribution is -2.40. The Hall–Kier alpha value is -2.62. The van der Waals surface area contributed by atoms with Crippen molar-refractivity contribution in [2.75, 3.05) is 0 Å². The third kappa shape index (κ3) is 5.45. The van der Waals surface area contributed by atoms with Crippen molar-refractivity contribution in [3.63, 3.8) is 0 Å². The minimum Gasteiger partial charge on any atom is -0.475 e. The largest absolute Gasteiger partial charge is 0.490 e. The normalized spacial score (nSPS) is 20.2. The predicted molar refractivity (Wildman–Crippen MR) is 87.5 cm³/mol. The first-order valence-electron chi connectivity index (χ1n) is 7.96. The Kier molecular flexibility index (Phi) is 6.19. The number of hydrogen-bond donors (Lipinski definition) is 4. The van der Waals surface area contributed by atoms with Crippen LogP contribution in [-0.2, 0) is 4.79 Å². The lowest BCUT2D eigenvalue weighted by molar-refractivity contribution is -0.192. The number of nitrogens with one attached hydrogen (secondary N) is 2. The van der Waals surface area contributed by atoms with Crippen LogP contribution in [0.2, 0.25) is 0 Å². The number of hydrogen-bond acceptors (Lipinski definition) is 4. The highest BCUT2D eigenvalue weighted by molar-refractivity contribution is 5.98. The molecule has 0 spiro atoms. The number of halogens is 3. The summed E-state index contributed by atoms with van der Waals surface area (Å²) in [5.74, 6) is -2.77. The molecule has 1 heterocycles. The number of alkyl halides is 3. The van der Waals surface area contributed by atoms with E-state index in [1.807, 2.05) is 18.2 Å². The van der Waals surface area contributed by atoms with Crippen molar-refractivity contribution in [3.8, 4) is 0 Å². The number of benzene rings is 1. The van der Waals surface area contributed by atoms with Crippen LogP contribution in [-0.4, -0.2) is 45.4 Å². The van der Waals surface area contributed by atoms with Gasteiger partial charge in [-0.1, -0.05) is 0 Å². The highest BCUT2D eigenvalue weighted by atomic mass is 19.4. The fourth-order valence-corrected chi connectivity index (χ4v) is 2.62. The van der Waals surface area contributed by atoms with E-state index in [0.717, 1.165) is 36.6 Å². The van der Waals surface area contributed by atoms with E-state index in [1.165, 1.54) is 0 Å². The number of carbonyl (C=O) groups is 2. The molecule has 0 radical (unpaired) electrons. The van der Waals surface area contributed by atoms with Crippen LogP contribution in [0.5, 0.6) is 0 Å². The summed E-state index contributed by atoms with van der Waals surface area (Å²) in [6.45, 7) is 0. The Morgan fingerprint density at radius 1 is 1.23 bits per heavy atom. The van der Waals surface area contributed by atoms with Crippen LogP contribution in [0.1, 0.15) is 36.0 Å². The van der Waals surface area contributed by atoms with Gasteiger partial charge < -0.3 is 16.2 Å². The van der Waals surface area contributed by atoms with Crippen molar-refractivity contribution in [1.29, 1.82) is 0 Å². The van der Waals surface area contributed by atoms with Crippen LogP contribution in [0.15, 0.2) is 24.4 Å². The first-order valence-corrected chi connectivity index (χ1v) is 7.96. The predicted octanol–water partition coefficient (Wildman–Crippen LogP) is 2.20. The summed E-state index contributed by atoms with van der Waals surface area (Å²) in [5, 5.41) is 18.0. The first kappa shape index (κ1) is 19.7. The molecule has 1 fully saturated rings. The SMILES string of the molecule is N[C@H]1CC[C@H](NC(=O)c2ccc3[nH]ncc3c2)CC1.O=C(O)C(F)(F)F. The molecule has 1 amide bonds. The second-order valence-corrected chi connectivity index (χ2v) is 6.06. The molecule has 1 saturated carbocycles. The molecular formula is C16H19F3N4O3. The van der Waals surface area contributed by atoms with E-state index in [2.05, 4.69) is 15.5 Å². The number of aromatic nitrogens is 2. The summed E-state index contributed by atoms with van der Waals surface area (Å²) in [4.78, 5) is 21.1. The van der Waals surface area contributed by atoms with Crippen LogP contribution >= 0.6 is 0 Å². The van der Waals surface area contributed by atoms with Crippen molar-refractivity contribution in [3.05, 3.63) is 30.0 Å². The summed E-state index contributed by atoms with van der Waals surface area (Å²) in [6, 6.07) is 6.13. The van der Waals surface area contributed by atoms with Gasteiger partial charge in [-0.3, -0.25) is 9.89 Å². The minimum atomic E-state index is -5.08. The summed E-state index contributed by atoms with van der Waals surface area (Å²) in [5.41, 5.74) is 7.49. The zero-order valence-electron chi connectivity index (χ0n) is 13.7. The first-order chi connectivity index (χ1) is 12.2. The quantitative estimate of drug-likeness (QED) is 0.644. The third-order valence-corrected chi connectivity index (χ3v) is 4.05. The van der Waals surface area contributed by atoms with Gasteiger partial charge in [-0.15, -0.1) is 0 Å². The summed E-state index contributed by atoms with van der Waals surface area (Å²) in [6.07, 6.45) is 0.574. The summed E-state index contributed by atoms with van der Waals surface area (Å²) < 4.78 is 31.7. The van der Waals surface area contributed by atoms with Gasteiger partial charge in [-0.2, -0.15) is 18.3 Å². The molecule has 142 valence electrons. The molecule has 26 heavy (non-hydrogen) atoms. The van der Waals surface area contributed by atoms with Gasteiger partial charge in [0.25, 0.3) is 5.91 Å². The standard InChI is InChI=1S/C14H18N4O.C2HF3O2/c15-11-2-4-12(5-3-11)17-14(19)9-1-6-13-10(7-9)8-16-18-13;3-2(4,5)1(6)7/h1,6-8,11-12H,2-5,15H2,(H,16,18)(H,17,19);(H,6,7)/t11-,12-;. The Balaban J connectivity index is 0.000000298. The highest BCUT2D eigenvalue weighted by Gasteiger charge is 2.38. The van der Waals surface area contributed by atoms with Gasteiger partial charge in [0.05, 0.1) is 11.7 Å². The number of nitrogens with two attached hydrogens (primary N) is 1. The van der Waals surface area contributed by atoms with E-state index in [9.17, 15) is 18.0 Å². The Bertz CT molecular complexity index is 767. The van der Waals surface area contributed by atoms with E-state index < -0.39 is 12.1 Å². The molecule has 0 saturated heterocycles. The zero-order valence-corrected chi connectivity index (χ0v) is 13.7. The third-order valence-electron chi connectivity index (χ3n) is 4.05. The number of nitrogens with zero attached hydrogens (tertiary/aromatic N) is 1. The van der Waals surface area contributed by atoms with E-state index >= 15 is 0 Å². The topological polar surface area (TPSA) is 121 Å². The van der Waals surface area contributed by atoms with Crippen molar-refractivity contribution in [2.45, 2.75) is 43.9 Å². The molecule has 0 bridgehead atoms. The number of carbonyl (C=O) groups excluding carboxylic acids is 1. The highest BCUT2D eigenvalue weighted by Crippen LogP contribution is 2.18. The molecule has 1 aliphatic carbocycles. The molecule has 2 aromatic rings. The fourth-order valence-electron chi connectivity index (χ4n) is 2.62. The van der Waals surface area contributed by atoms with Gasteiger partial charge >= 0.3 is 12.1 Å². The number of carboxylic acids is 1. The Labute approximate surface area is 146 Å². The molecular weight excluding hydrogens is 353 g/mol. The average Bonchev–Trinajstić information content (AvgIpc) is 3.04. The van der Waals surface area contributed by atoms with E-state index in [0.29, 0.717) is 11.6 Å². The van der Waals surface area contributed by atoms with Crippen molar-refractivity contribution < 1.29 is 27.9 Å². The van der Waals surface area contributed by atoms with Crippen LogP contribution in [0.3, 0.4) is 0 Å². The van der Waals surface area contributed by atoms with Crippen molar-refractivity contribution in [1.82, 2.24) is 15.5 Å². The summed E-state index contributed by atoms with van der Waals surface area (Å²) in [7, 11) is 0. The zero-order chi connectivity index (χ0) is 19.3. The number of aromatic amines is 1. The number of H-pyrrole nitrogens is 1. The molecule has 1 aromatic heterocycles. The Morgan fingerprint density at radius 2 is 1.85 bits per heavy atom. The fraction of sp³-hybridized carbons (Fsp3) is 0.438. The number of rotatable bonds is 2. The van der Waals surface area contributed by atoms with Crippen LogP contribution in [0.25, 0.3) is 10.9 Å². The maximum Gasteiger partial charge on any atom is 0.490 e. The van der Waals surface area contributed by atoms with E-state index in [-0.39, 0.29) is 11.9 Å².